The molecule has 0 saturated heterocycles. The Hall–Kier alpha value is -0.890. The summed E-state index contributed by atoms with van der Waals surface area (Å²) in [6.45, 7) is 4.05. The summed E-state index contributed by atoms with van der Waals surface area (Å²) in [5.41, 5.74) is 1.19. The van der Waals surface area contributed by atoms with Crippen LogP contribution in [0.5, 0.6) is 0 Å². The van der Waals surface area contributed by atoms with Gasteiger partial charge in [-0.1, -0.05) is 19.4 Å². The van der Waals surface area contributed by atoms with Gasteiger partial charge in [0.25, 0.3) is 0 Å². The molecule has 0 spiro atoms. The largest absolute Gasteiger partial charge is 0.393 e. The van der Waals surface area contributed by atoms with Gasteiger partial charge in [0, 0.05) is 17.8 Å². The van der Waals surface area contributed by atoms with Gasteiger partial charge in [0.05, 0.1) is 6.10 Å². The molecule has 0 aromatic carbocycles. The Labute approximate surface area is 92.4 Å². The first-order chi connectivity index (χ1) is 7.24. The Bertz CT molecular complexity index is 258. The lowest BCUT2D eigenvalue weighted by atomic mass is 9.94. The maximum Gasteiger partial charge on any atom is 0.0512 e. The molecule has 0 aliphatic heterocycles. The summed E-state index contributed by atoms with van der Waals surface area (Å²) in [5.74, 6) is 0.546. The molecule has 1 aromatic heterocycles. The Morgan fingerprint density at radius 1 is 1.33 bits per heavy atom. The molecule has 2 nitrogen and oxygen atoms in total. The predicted molar refractivity (Wildman–Crippen MR) is 62.8 cm³/mol. The van der Waals surface area contributed by atoms with Crippen LogP contribution in [0.25, 0.3) is 0 Å². The lowest BCUT2D eigenvalue weighted by Gasteiger charge is -2.14. The average Bonchev–Trinajstić information content (AvgIpc) is 2.25. The lowest BCUT2D eigenvalue weighted by molar-refractivity contribution is 0.179. The van der Waals surface area contributed by atoms with E-state index in [0.29, 0.717) is 5.92 Å². The fourth-order valence-electron chi connectivity index (χ4n) is 1.84. The van der Waals surface area contributed by atoms with Crippen molar-refractivity contribution in [1.82, 2.24) is 4.98 Å². The van der Waals surface area contributed by atoms with Crippen LogP contribution in [0.1, 0.15) is 51.1 Å². The Kier molecular flexibility index (Phi) is 5.33. The molecule has 0 saturated carbocycles. The van der Waals surface area contributed by atoms with Crippen LogP contribution in [0.3, 0.4) is 0 Å². The maximum atomic E-state index is 9.19. The molecule has 2 atom stereocenters. The molecule has 0 aliphatic rings. The van der Waals surface area contributed by atoms with Crippen molar-refractivity contribution in [2.24, 2.45) is 0 Å². The summed E-state index contributed by atoms with van der Waals surface area (Å²) in [5, 5.41) is 9.19. The van der Waals surface area contributed by atoms with E-state index >= 15 is 0 Å². The lowest BCUT2D eigenvalue weighted by Crippen LogP contribution is -2.03. The number of aliphatic hydroxyl groups is 1. The van der Waals surface area contributed by atoms with Crippen molar-refractivity contribution >= 4 is 0 Å². The SMILES string of the molecule is CCC(CCCC(C)O)c1ccccn1. The third kappa shape index (κ3) is 4.43. The molecule has 0 radical (unpaired) electrons. The van der Waals surface area contributed by atoms with Crippen LogP contribution in [0.2, 0.25) is 0 Å². The third-order valence-corrected chi connectivity index (χ3v) is 2.77. The minimum absolute atomic E-state index is 0.175. The molecule has 1 heterocycles. The minimum atomic E-state index is -0.175. The molecular formula is C13H21NO. The van der Waals surface area contributed by atoms with Gasteiger partial charge in [-0.05, 0) is 38.3 Å². The molecule has 1 rings (SSSR count). The zero-order chi connectivity index (χ0) is 11.1. The predicted octanol–water partition coefficient (Wildman–Crippen LogP) is 3.13. The Morgan fingerprint density at radius 3 is 2.67 bits per heavy atom. The van der Waals surface area contributed by atoms with Crippen LogP contribution in [0, 0.1) is 0 Å². The topological polar surface area (TPSA) is 33.1 Å². The van der Waals surface area contributed by atoms with Crippen molar-refractivity contribution in [3.8, 4) is 0 Å². The highest BCUT2D eigenvalue weighted by Crippen LogP contribution is 2.23. The Morgan fingerprint density at radius 2 is 2.13 bits per heavy atom. The van der Waals surface area contributed by atoms with Gasteiger partial charge in [-0.25, -0.2) is 0 Å². The highest BCUT2D eigenvalue weighted by molar-refractivity contribution is 5.08. The summed E-state index contributed by atoms with van der Waals surface area (Å²) < 4.78 is 0. The van der Waals surface area contributed by atoms with Crippen LogP contribution < -0.4 is 0 Å². The van der Waals surface area contributed by atoms with E-state index in [1.54, 1.807) is 0 Å². The van der Waals surface area contributed by atoms with Gasteiger partial charge >= 0.3 is 0 Å². The van der Waals surface area contributed by atoms with E-state index < -0.39 is 0 Å². The molecule has 15 heavy (non-hydrogen) atoms. The van der Waals surface area contributed by atoms with Crippen molar-refractivity contribution < 1.29 is 5.11 Å². The summed E-state index contributed by atoms with van der Waals surface area (Å²) in [6.07, 6.45) is 5.89. The van der Waals surface area contributed by atoms with Gasteiger partial charge < -0.3 is 5.11 Å². The zero-order valence-electron chi connectivity index (χ0n) is 9.69. The highest BCUT2D eigenvalue weighted by Gasteiger charge is 2.10. The number of rotatable bonds is 6. The van der Waals surface area contributed by atoms with E-state index in [1.807, 2.05) is 25.3 Å². The molecule has 1 aromatic rings. The summed E-state index contributed by atoms with van der Waals surface area (Å²) >= 11 is 0. The zero-order valence-corrected chi connectivity index (χ0v) is 9.69. The van der Waals surface area contributed by atoms with Gasteiger partial charge in [-0.2, -0.15) is 0 Å². The number of hydrogen-bond donors (Lipinski definition) is 1. The van der Waals surface area contributed by atoms with Crippen LogP contribution in [-0.4, -0.2) is 16.2 Å². The number of hydrogen-bond acceptors (Lipinski definition) is 2. The number of aromatic nitrogens is 1. The summed E-state index contributed by atoms with van der Waals surface area (Å²) in [6, 6.07) is 6.09. The van der Waals surface area contributed by atoms with Crippen LogP contribution in [0.15, 0.2) is 24.4 Å². The average molecular weight is 207 g/mol. The second-order valence-electron chi connectivity index (χ2n) is 4.14. The third-order valence-electron chi connectivity index (χ3n) is 2.77. The van der Waals surface area contributed by atoms with Crippen LogP contribution in [0.4, 0.5) is 0 Å². The van der Waals surface area contributed by atoms with Gasteiger partial charge in [0.15, 0.2) is 0 Å². The summed E-state index contributed by atoms with van der Waals surface area (Å²) in [4.78, 5) is 4.39. The Balaban J connectivity index is 2.43. The first kappa shape index (κ1) is 12.2. The first-order valence-electron chi connectivity index (χ1n) is 5.83. The highest BCUT2D eigenvalue weighted by atomic mass is 16.3. The van der Waals surface area contributed by atoms with Crippen LogP contribution >= 0.6 is 0 Å². The van der Waals surface area contributed by atoms with Gasteiger partial charge in [-0.3, -0.25) is 4.98 Å². The molecule has 0 fully saturated rings. The van der Waals surface area contributed by atoms with Gasteiger partial charge in [0.1, 0.15) is 0 Å². The first-order valence-corrected chi connectivity index (χ1v) is 5.83. The monoisotopic (exact) mass is 207 g/mol. The molecule has 2 unspecified atom stereocenters. The number of pyridine rings is 1. The van der Waals surface area contributed by atoms with Gasteiger partial charge in [0.2, 0.25) is 0 Å². The van der Waals surface area contributed by atoms with Crippen molar-refractivity contribution in [3.05, 3.63) is 30.1 Å². The standard InChI is InChI=1S/C13H21NO/c1-3-12(8-6-7-11(2)15)13-9-4-5-10-14-13/h4-5,9-12,15H,3,6-8H2,1-2H3. The fourth-order valence-corrected chi connectivity index (χ4v) is 1.84. The molecule has 1 N–H and O–H groups in total. The second-order valence-corrected chi connectivity index (χ2v) is 4.14. The fraction of sp³-hybridized carbons (Fsp3) is 0.615. The van der Waals surface area contributed by atoms with E-state index in [-0.39, 0.29) is 6.10 Å². The van der Waals surface area contributed by atoms with Crippen molar-refractivity contribution in [1.29, 1.82) is 0 Å². The number of aliphatic hydroxyl groups excluding tert-OH is 1. The molecule has 84 valence electrons. The van der Waals surface area contributed by atoms with E-state index in [1.165, 1.54) is 5.69 Å². The maximum absolute atomic E-state index is 9.19. The van der Waals surface area contributed by atoms with Crippen molar-refractivity contribution in [2.75, 3.05) is 0 Å². The van der Waals surface area contributed by atoms with Crippen molar-refractivity contribution in [2.45, 2.75) is 51.6 Å². The quantitative estimate of drug-likeness (QED) is 0.777. The molecular weight excluding hydrogens is 186 g/mol. The van der Waals surface area contributed by atoms with E-state index in [0.717, 1.165) is 25.7 Å². The summed E-state index contributed by atoms with van der Waals surface area (Å²) in [7, 11) is 0. The van der Waals surface area contributed by atoms with E-state index in [2.05, 4.69) is 18.0 Å². The minimum Gasteiger partial charge on any atom is -0.393 e. The molecule has 0 amide bonds. The van der Waals surface area contributed by atoms with Gasteiger partial charge in [-0.15, -0.1) is 0 Å². The second kappa shape index (κ2) is 6.57. The molecule has 2 heteroatoms. The van der Waals surface area contributed by atoms with E-state index in [9.17, 15) is 5.11 Å². The molecule has 0 bridgehead atoms. The smallest absolute Gasteiger partial charge is 0.0512 e. The van der Waals surface area contributed by atoms with E-state index in [4.69, 9.17) is 0 Å². The van der Waals surface area contributed by atoms with Crippen LogP contribution in [-0.2, 0) is 0 Å². The van der Waals surface area contributed by atoms with Crippen molar-refractivity contribution in [3.63, 3.8) is 0 Å². The number of nitrogens with zero attached hydrogens (tertiary/aromatic N) is 1. The normalized spacial score (nSPS) is 14.9. The molecule has 0 aliphatic carbocycles.